The number of nitrogens with two attached hydrogens (primary N) is 1. The molecule has 0 heterocycles. The van der Waals surface area contributed by atoms with Crippen molar-refractivity contribution in [2.45, 2.75) is 12.8 Å². The summed E-state index contributed by atoms with van der Waals surface area (Å²) >= 11 is 4.87. The first-order chi connectivity index (χ1) is 6.15. The van der Waals surface area contributed by atoms with Crippen LogP contribution in [0.1, 0.15) is 24.0 Å². The first-order valence-electron chi connectivity index (χ1n) is 3.94. The van der Waals surface area contributed by atoms with E-state index in [2.05, 4.69) is 6.07 Å². The van der Waals surface area contributed by atoms with Gasteiger partial charge in [0, 0.05) is 5.92 Å². The van der Waals surface area contributed by atoms with Crippen LogP contribution in [0.15, 0.2) is 24.3 Å². The molecular weight excluding hydrogens is 180 g/mol. The molecule has 0 aliphatic carbocycles. The SMILES string of the molecule is CC(C(N)=S)c1cccc(C#N)c1. The molecule has 0 saturated carbocycles. The Kier molecular flexibility index (Phi) is 2.99. The lowest BCUT2D eigenvalue weighted by atomic mass is 9.99. The maximum absolute atomic E-state index is 8.67. The normalized spacial score (nSPS) is 11.7. The lowest BCUT2D eigenvalue weighted by Crippen LogP contribution is -2.16. The minimum absolute atomic E-state index is 0.0308. The second-order valence-corrected chi connectivity index (χ2v) is 3.33. The Balaban J connectivity index is 3.03. The average Bonchev–Trinajstić information content (AvgIpc) is 2.16. The van der Waals surface area contributed by atoms with Gasteiger partial charge in [-0.25, -0.2) is 0 Å². The zero-order valence-corrected chi connectivity index (χ0v) is 8.14. The number of hydrogen-bond donors (Lipinski definition) is 1. The number of rotatable bonds is 2. The molecule has 2 N–H and O–H groups in total. The topological polar surface area (TPSA) is 49.8 Å². The number of nitrogens with zero attached hydrogens (tertiary/aromatic N) is 1. The molecule has 0 bridgehead atoms. The largest absolute Gasteiger partial charge is 0.393 e. The van der Waals surface area contributed by atoms with Gasteiger partial charge >= 0.3 is 0 Å². The number of benzene rings is 1. The number of thiocarbonyl (C=S) groups is 1. The van der Waals surface area contributed by atoms with Crippen LogP contribution >= 0.6 is 12.2 Å². The number of hydrogen-bond acceptors (Lipinski definition) is 2. The molecular formula is C10H10N2S. The molecule has 3 heteroatoms. The summed E-state index contributed by atoms with van der Waals surface area (Å²) in [6, 6.07) is 9.40. The van der Waals surface area contributed by atoms with Crippen LogP contribution in [-0.2, 0) is 0 Å². The van der Waals surface area contributed by atoms with Gasteiger partial charge < -0.3 is 5.73 Å². The standard InChI is InChI=1S/C10H10N2S/c1-7(10(12)13)9-4-2-3-8(5-9)6-11/h2-5,7H,1H3,(H2,12,13). The molecule has 0 saturated heterocycles. The Morgan fingerprint density at radius 2 is 2.31 bits per heavy atom. The van der Waals surface area contributed by atoms with E-state index in [9.17, 15) is 0 Å². The van der Waals surface area contributed by atoms with E-state index in [1.54, 1.807) is 6.07 Å². The summed E-state index contributed by atoms with van der Waals surface area (Å²) in [5.74, 6) is 0.0308. The minimum atomic E-state index is 0.0308. The van der Waals surface area contributed by atoms with Crippen molar-refractivity contribution in [3.8, 4) is 6.07 Å². The molecule has 0 aliphatic rings. The average molecular weight is 190 g/mol. The van der Waals surface area contributed by atoms with Crippen molar-refractivity contribution < 1.29 is 0 Å². The molecule has 1 rings (SSSR count). The summed E-state index contributed by atoms with van der Waals surface area (Å²) < 4.78 is 0. The van der Waals surface area contributed by atoms with E-state index < -0.39 is 0 Å². The minimum Gasteiger partial charge on any atom is -0.393 e. The zero-order valence-electron chi connectivity index (χ0n) is 7.32. The van der Waals surface area contributed by atoms with Crippen molar-refractivity contribution in [2.75, 3.05) is 0 Å². The third kappa shape index (κ3) is 2.27. The van der Waals surface area contributed by atoms with Gasteiger partial charge in [-0.15, -0.1) is 0 Å². The quantitative estimate of drug-likeness (QED) is 0.725. The van der Waals surface area contributed by atoms with Crippen molar-refractivity contribution >= 4 is 17.2 Å². The van der Waals surface area contributed by atoms with Crippen molar-refractivity contribution in [1.82, 2.24) is 0 Å². The van der Waals surface area contributed by atoms with Gasteiger partial charge in [0.2, 0.25) is 0 Å². The van der Waals surface area contributed by atoms with Crippen molar-refractivity contribution in [1.29, 1.82) is 5.26 Å². The fraction of sp³-hybridized carbons (Fsp3) is 0.200. The van der Waals surface area contributed by atoms with Crippen LogP contribution in [0.2, 0.25) is 0 Å². The van der Waals surface area contributed by atoms with E-state index in [-0.39, 0.29) is 5.92 Å². The first-order valence-corrected chi connectivity index (χ1v) is 4.35. The highest BCUT2D eigenvalue weighted by Crippen LogP contribution is 2.16. The van der Waals surface area contributed by atoms with E-state index in [1.807, 2.05) is 25.1 Å². The second kappa shape index (κ2) is 4.01. The maximum atomic E-state index is 8.67. The maximum Gasteiger partial charge on any atom is 0.0991 e. The molecule has 1 unspecified atom stereocenters. The molecule has 1 atom stereocenters. The predicted molar refractivity (Wildman–Crippen MR) is 56.4 cm³/mol. The van der Waals surface area contributed by atoms with E-state index >= 15 is 0 Å². The Morgan fingerprint density at radius 3 is 2.85 bits per heavy atom. The summed E-state index contributed by atoms with van der Waals surface area (Å²) in [6.07, 6.45) is 0. The summed E-state index contributed by atoms with van der Waals surface area (Å²) in [5.41, 5.74) is 7.14. The van der Waals surface area contributed by atoms with Gasteiger partial charge in [-0.2, -0.15) is 5.26 Å². The van der Waals surface area contributed by atoms with Gasteiger partial charge in [0.15, 0.2) is 0 Å². The molecule has 1 aromatic carbocycles. The van der Waals surface area contributed by atoms with Crippen molar-refractivity contribution in [3.63, 3.8) is 0 Å². The fourth-order valence-corrected chi connectivity index (χ4v) is 1.18. The smallest absolute Gasteiger partial charge is 0.0991 e. The molecule has 0 fully saturated rings. The third-order valence-corrected chi connectivity index (χ3v) is 2.30. The van der Waals surface area contributed by atoms with E-state index in [1.165, 1.54) is 0 Å². The van der Waals surface area contributed by atoms with Crippen LogP contribution in [0.25, 0.3) is 0 Å². The molecule has 0 aliphatic heterocycles. The van der Waals surface area contributed by atoms with Gasteiger partial charge in [-0.3, -0.25) is 0 Å². The Labute approximate surface area is 83.0 Å². The highest BCUT2D eigenvalue weighted by molar-refractivity contribution is 7.80. The van der Waals surface area contributed by atoms with Gasteiger partial charge in [-0.05, 0) is 17.7 Å². The van der Waals surface area contributed by atoms with Crippen LogP contribution in [-0.4, -0.2) is 4.99 Å². The van der Waals surface area contributed by atoms with E-state index in [4.69, 9.17) is 23.2 Å². The molecule has 0 aromatic heterocycles. The summed E-state index contributed by atoms with van der Waals surface area (Å²) in [7, 11) is 0. The lowest BCUT2D eigenvalue weighted by Gasteiger charge is -2.09. The van der Waals surface area contributed by atoms with Gasteiger partial charge in [0.1, 0.15) is 0 Å². The van der Waals surface area contributed by atoms with Gasteiger partial charge in [-0.1, -0.05) is 31.3 Å². The van der Waals surface area contributed by atoms with Gasteiger partial charge in [0.05, 0.1) is 16.6 Å². The van der Waals surface area contributed by atoms with E-state index in [0.29, 0.717) is 10.6 Å². The highest BCUT2D eigenvalue weighted by atomic mass is 32.1. The van der Waals surface area contributed by atoms with Crippen LogP contribution in [0.5, 0.6) is 0 Å². The Bertz CT molecular complexity index is 365. The van der Waals surface area contributed by atoms with E-state index in [0.717, 1.165) is 5.56 Å². The molecule has 1 aromatic rings. The Morgan fingerprint density at radius 1 is 1.62 bits per heavy atom. The molecule has 0 radical (unpaired) electrons. The number of nitriles is 1. The molecule has 2 nitrogen and oxygen atoms in total. The fourth-order valence-electron chi connectivity index (χ4n) is 1.04. The Hall–Kier alpha value is -1.40. The highest BCUT2D eigenvalue weighted by Gasteiger charge is 2.07. The van der Waals surface area contributed by atoms with Gasteiger partial charge in [0.25, 0.3) is 0 Å². The molecule has 0 spiro atoms. The lowest BCUT2D eigenvalue weighted by molar-refractivity contribution is 1.02. The monoisotopic (exact) mass is 190 g/mol. The summed E-state index contributed by atoms with van der Waals surface area (Å²) in [5, 5.41) is 8.67. The predicted octanol–water partition coefficient (Wildman–Crippen LogP) is 1.95. The summed E-state index contributed by atoms with van der Waals surface area (Å²) in [4.78, 5) is 0.454. The zero-order chi connectivity index (χ0) is 9.84. The second-order valence-electron chi connectivity index (χ2n) is 2.86. The molecule has 66 valence electrons. The van der Waals surface area contributed by atoms with Crippen LogP contribution < -0.4 is 5.73 Å². The van der Waals surface area contributed by atoms with Crippen LogP contribution in [0.4, 0.5) is 0 Å². The van der Waals surface area contributed by atoms with Crippen LogP contribution in [0.3, 0.4) is 0 Å². The van der Waals surface area contributed by atoms with Crippen LogP contribution in [0, 0.1) is 11.3 Å². The molecule has 13 heavy (non-hydrogen) atoms. The van der Waals surface area contributed by atoms with Crippen molar-refractivity contribution in [3.05, 3.63) is 35.4 Å². The summed E-state index contributed by atoms with van der Waals surface area (Å²) in [6.45, 7) is 1.93. The molecule has 0 amide bonds. The van der Waals surface area contributed by atoms with Crippen molar-refractivity contribution in [2.24, 2.45) is 5.73 Å². The third-order valence-electron chi connectivity index (χ3n) is 1.94. The first kappa shape index (κ1) is 9.69.